The summed E-state index contributed by atoms with van der Waals surface area (Å²) in [5.41, 5.74) is 3.76. The molecule has 1 aliphatic rings. The van der Waals surface area contributed by atoms with E-state index in [1.54, 1.807) is 6.20 Å². The van der Waals surface area contributed by atoms with Gasteiger partial charge in [-0.3, -0.25) is 10.00 Å². The van der Waals surface area contributed by atoms with Gasteiger partial charge < -0.3 is 14.6 Å². The highest BCUT2D eigenvalue weighted by Crippen LogP contribution is 2.37. The Morgan fingerprint density at radius 1 is 1.22 bits per heavy atom. The number of aromatic nitrogens is 5. The van der Waals surface area contributed by atoms with Crippen LogP contribution < -0.4 is 10.2 Å². The number of nitriles is 1. The predicted molar refractivity (Wildman–Crippen MR) is 130 cm³/mol. The Kier molecular flexibility index (Phi) is 6.57. The normalized spacial score (nSPS) is 15.9. The molecule has 1 aromatic carbocycles. The molecule has 0 unspecified atom stereocenters. The number of ether oxygens (including phenoxy) is 1. The highest BCUT2D eigenvalue weighted by atomic mass is 19.4. The van der Waals surface area contributed by atoms with Crippen LogP contribution >= 0.6 is 0 Å². The van der Waals surface area contributed by atoms with Gasteiger partial charge in [-0.1, -0.05) is 12.1 Å². The molecular formula is C25H25F3N8O. The van der Waals surface area contributed by atoms with Gasteiger partial charge in [0.1, 0.15) is 23.6 Å². The second-order valence-corrected chi connectivity index (χ2v) is 9.18. The molecule has 0 bridgehead atoms. The number of benzene rings is 1. The SMILES string of the molecule is C[C@@H](NCOCc1ccc(N2CC(CC#N)(n3cc(-c4ncnc5[nH]ccc45)cn3)C2)cc1)C(F)(F)F. The van der Waals surface area contributed by atoms with Crippen LogP contribution in [0.5, 0.6) is 0 Å². The molecule has 1 aliphatic heterocycles. The molecule has 0 saturated carbocycles. The van der Waals surface area contributed by atoms with Crippen LogP contribution in [0.2, 0.25) is 0 Å². The Hall–Kier alpha value is -3.95. The van der Waals surface area contributed by atoms with Crippen LogP contribution in [0, 0.1) is 11.3 Å². The number of hydrogen-bond donors (Lipinski definition) is 2. The van der Waals surface area contributed by atoms with E-state index in [-0.39, 0.29) is 13.3 Å². The van der Waals surface area contributed by atoms with Gasteiger partial charge >= 0.3 is 6.18 Å². The fourth-order valence-corrected chi connectivity index (χ4v) is 4.41. The molecule has 2 N–H and O–H groups in total. The van der Waals surface area contributed by atoms with E-state index in [1.165, 1.54) is 6.33 Å². The smallest absolute Gasteiger partial charge is 0.366 e. The monoisotopic (exact) mass is 510 g/mol. The molecule has 0 spiro atoms. The number of alkyl halides is 3. The van der Waals surface area contributed by atoms with Crippen molar-refractivity contribution in [3.63, 3.8) is 0 Å². The Morgan fingerprint density at radius 2 is 2.00 bits per heavy atom. The van der Waals surface area contributed by atoms with Gasteiger partial charge in [-0.2, -0.15) is 23.5 Å². The van der Waals surface area contributed by atoms with E-state index in [1.807, 2.05) is 47.4 Å². The molecule has 1 atom stereocenters. The highest BCUT2D eigenvalue weighted by molar-refractivity contribution is 5.90. The zero-order chi connectivity index (χ0) is 26.0. The van der Waals surface area contributed by atoms with E-state index in [0.717, 1.165) is 40.5 Å². The van der Waals surface area contributed by atoms with E-state index in [4.69, 9.17) is 4.74 Å². The van der Waals surface area contributed by atoms with E-state index < -0.39 is 17.8 Å². The predicted octanol–water partition coefficient (Wildman–Crippen LogP) is 3.97. The van der Waals surface area contributed by atoms with Crippen molar-refractivity contribution < 1.29 is 17.9 Å². The van der Waals surface area contributed by atoms with Crippen LogP contribution in [0.4, 0.5) is 18.9 Å². The van der Waals surface area contributed by atoms with Gasteiger partial charge in [0.05, 0.1) is 37.7 Å². The molecule has 3 aromatic heterocycles. The minimum absolute atomic E-state index is 0.193. The quantitative estimate of drug-likeness (QED) is 0.259. The molecule has 1 fully saturated rings. The summed E-state index contributed by atoms with van der Waals surface area (Å²) in [6.07, 6.45) is 3.02. The minimum atomic E-state index is -4.30. The molecule has 0 amide bonds. The molecule has 0 aliphatic carbocycles. The second kappa shape index (κ2) is 9.84. The lowest BCUT2D eigenvalue weighted by Gasteiger charge is -2.50. The van der Waals surface area contributed by atoms with Crippen LogP contribution in [0.1, 0.15) is 18.9 Å². The first-order valence-electron chi connectivity index (χ1n) is 11.7. The van der Waals surface area contributed by atoms with Gasteiger partial charge in [0.2, 0.25) is 0 Å². The van der Waals surface area contributed by atoms with Crippen molar-refractivity contribution in [1.82, 2.24) is 30.0 Å². The van der Waals surface area contributed by atoms with E-state index in [9.17, 15) is 18.4 Å². The fourth-order valence-electron chi connectivity index (χ4n) is 4.41. The number of H-pyrrole nitrogens is 1. The van der Waals surface area contributed by atoms with E-state index in [2.05, 4.69) is 36.3 Å². The summed E-state index contributed by atoms with van der Waals surface area (Å²) in [7, 11) is 0. The molecule has 4 heterocycles. The lowest BCUT2D eigenvalue weighted by Crippen LogP contribution is -2.63. The number of nitrogens with one attached hydrogen (secondary N) is 2. The van der Waals surface area contributed by atoms with Gasteiger partial charge in [0.25, 0.3) is 0 Å². The zero-order valence-electron chi connectivity index (χ0n) is 20.0. The van der Waals surface area contributed by atoms with Crippen molar-refractivity contribution >= 4 is 16.7 Å². The van der Waals surface area contributed by atoms with Gasteiger partial charge in [-0.05, 0) is 30.7 Å². The third-order valence-electron chi connectivity index (χ3n) is 6.63. The minimum Gasteiger partial charge on any atom is -0.366 e. The third kappa shape index (κ3) is 5.00. The zero-order valence-corrected chi connectivity index (χ0v) is 20.0. The summed E-state index contributed by atoms with van der Waals surface area (Å²) in [4.78, 5) is 13.9. The topological polar surface area (TPSA) is 108 Å². The van der Waals surface area contributed by atoms with Crippen LogP contribution in [0.3, 0.4) is 0 Å². The number of nitrogens with zero attached hydrogens (tertiary/aromatic N) is 6. The van der Waals surface area contributed by atoms with E-state index in [0.29, 0.717) is 19.5 Å². The van der Waals surface area contributed by atoms with Crippen molar-refractivity contribution in [3.8, 4) is 17.3 Å². The Bertz CT molecular complexity index is 1400. The summed E-state index contributed by atoms with van der Waals surface area (Å²) < 4.78 is 44.8. The maximum atomic E-state index is 12.5. The average Bonchev–Trinajstić information content (AvgIpc) is 3.54. The molecule has 9 nitrogen and oxygen atoms in total. The van der Waals surface area contributed by atoms with E-state index >= 15 is 0 Å². The number of hydrogen-bond acceptors (Lipinski definition) is 7. The Morgan fingerprint density at radius 3 is 2.73 bits per heavy atom. The van der Waals surface area contributed by atoms with Gasteiger partial charge in [-0.15, -0.1) is 0 Å². The maximum absolute atomic E-state index is 12.5. The maximum Gasteiger partial charge on any atom is 0.403 e. The molecule has 4 aromatic rings. The highest BCUT2D eigenvalue weighted by Gasteiger charge is 2.45. The number of anilines is 1. The van der Waals surface area contributed by atoms with Crippen LogP contribution in [-0.4, -0.2) is 56.8 Å². The van der Waals surface area contributed by atoms with Crippen molar-refractivity contribution in [3.05, 3.63) is 60.8 Å². The average molecular weight is 511 g/mol. The molecular weight excluding hydrogens is 485 g/mol. The van der Waals surface area contributed by atoms with Crippen LogP contribution in [0.25, 0.3) is 22.3 Å². The summed E-state index contributed by atoms with van der Waals surface area (Å²) in [5, 5.41) is 17.3. The summed E-state index contributed by atoms with van der Waals surface area (Å²) in [6.45, 7) is 2.28. The second-order valence-electron chi connectivity index (χ2n) is 9.18. The summed E-state index contributed by atoms with van der Waals surface area (Å²) >= 11 is 0. The van der Waals surface area contributed by atoms with Crippen molar-refractivity contribution in [1.29, 1.82) is 5.26 Å². The number of aromatic amines is 1. The molecule has 192 valence electrons. The Balaban J connectivity index is 1.21. The molecule has 5 rings (SSSR count). The third-order valence-corrected chi connectivity index (χ3v) is 6.63. The number of halogens is 3. The summed E-state index contributed by atoms with van der Waals surface area (Å²) in [6, 6.07) is 10.3. The first-order chi connectivity index (χ1) is 17.8. The lowest BCUT2D eigenvalue weighted by molar-refractivity contribution is -0.155. The lowest BCUT2D eigenvalue weighted by atomic mass is 9.86. The Labute approximate surface area is 210 Å². The summed E-state index contributed by atoms with van der Waals surface area (Å²) in [5.74, 6) is 0. The molecule has 1 saturated heterocycles. The molecule has 12 heteroatoms. The van der Waals surface area contributed by atoms with Crippen molar-refractivity contribution in [2.24, 2.45) is 0 Å². The molecule has 0 radical (unpaired) electrons. The van der Waals surface area contributed by atoms with Gasteiger partial charge in [0, 0.05) is 42.1 Å². The van der Waals surface area contributed by atoms with Gasteiger partial charge in [0.15, 0.2) is 0 Å². The fraction of sp³-hybridized carbons (Fsp3) is 0.360. The molecule has 37 heavy (non-hydrogen) atoms. The first-order valence-corrected chi connectivity index (χ1v) is 11.7. The number of fused-ring (bicyclic) bond motifs is 1. The van der Waals surface area contributed by atoms with Crippen LogP contribution in [0.15, 0.2) is 55.2 Å². The van der Waals surface area contributed by atoms with Crippen LogP contribution in [-0.2, 0) is 16.9 Å². The standard InChI is InChI=1S/C25H25F3N8O/c1-17(25(26,27)28)33-16-37-12-18-2-4-20(5-3-18)35-13-24(14-35,7-8-29)36-11-19(10-34-36)22-21-6-9-30-23(21)32-15-31-22/h2-6,9-11,15,17,33H,7,12-14,16H2,1H3,(H,30,31,32)/t17-/m1/s1. The number of rotatable bonds is 9. The van der Waals surface area contributed by atoms with Crippen molar-refractivity contribution in [2.75, 3.05) is 24.7 Å². The first kappa shape index (κ1) is 24.7. The van der Waals surface area contributed by atoms with Gasteiger partial charge in [-0.25, -0.2) is 9.97 Å². The van der Waals surface area contributed by atoms with Crippen molar-refractivity contribution in [2.45, 2.75) is 37.7 Å². The largest absolute Gasteiger partial charge is 0.403 e.